The zero-order chi connectivity index (χ0) is 3.41. The van der Waals surface area contributed by atoms with Crippen LogP contribution in [0.1, 0.15) is 0 Å². The molecule has 0 aliphatic carbocycles. The summed E-state index contributed by atoms with van der Waals surface area (Å²) in [7, 11) is 5.60. The normalized spacial score (nSPS) is 4.00. The lowest BCUT2D eigenvalue weighted by Gasteiger charge is -1.40. The van der Waals surface area contributed by atoms with E-state index in [-0.39, 0.29) is 0 Å². The highest BCUT2D eigenvalue weighted by molar-refractivity contribution is 6.30. The first-order valence-electron chi connectivity index (χ1n) is 1.04. The molecular weight excluding hydrogens is 62.9 g/mol. The van der Waals surface area contributed by atoms with E-state index in [1.165, 1.54) is 0 Å². The summed E-state index contributed by atoms with van der Waals surface area (Å²) in [6.07, 6.45) is 0. The molecule has 0 saturated carbocycles. The van der Waals surface area contributed by atoms with Gasteiger partial charge < -0.3 is 0 Å². The second-order valence-electron chi connectivity index (χ2n) is 0.394. The maximum Gasteiger partial charge on any atom is 0.186 e. The Bertz CT molecular complexity index is 42.8. The Labute approximate surface area is 30.4 Å². The topological polar surface area (TPSA) is 0 Å². The van der Waals surface area contributed by atoms with Crippen molar-refractivity contribution in [2.75, 3.05) is 0 Å². The van der Waals surface area contributed by atoms with Gasteiger partial charge in [-0.15, -0.1) is 0 Å². The largest absolute Gasteiger partial charge is 0.186 e. The lowest BCUT2D eigenvalue weighted by molar-refractivity contribution is 2.95. The molecule has 0 bridgehead atoms. The minimum Gasteiger partial charge on any atom is -0.180 e. The first-order chi connectivity index (χ1) is 1.91. The van der Waals surface area contributed by atoms with Gasteiger partial charge in [0.15, 0.2) is 7.85 Å². The summed E-state index contributed by atoms with van der Waals surface area (Å²) in [4.78, 5) is 0. The SMILES string of the molecule is [B]C#C[SiH3]. The summed E-state index contributed by atoms with van der Waals surface area (Å²) in [5.41, 5.74) is 2.60. The molecule has 0 fully saturated rings. The Kier molecular flexibility index (Phi) is 2.73. The lowest BCUT2D eigenvalue weighted by atomic mass is 10.2. The Balaban J connectivity index is 2.83. The summed E-state index contributed by atoms with van der Waals surface area (Å²) in [6.45, 7) is 0. The number of hydrogen-bond donors (Lipinski definition) is 0. The van der Waals surface area contributed by atoms with E-state index < -0.39 is 0 Å². The zero-order valence-electron chi connectivity index (χ0n) is 2.58. The van der Waals surface area contributed by atoms with E-state index in [0.717, 1.165) is 10.2 Å². The van der Waals surface area contributed by atoms with Gasteiger partial charge >= 0.3 is 0 Å². The maximum absolute atomic E-state index is 4.70. The van der Waals surface area contributed by atoms with Crippen LogP contribution in [0.5, 0.6) is 0 Å². The van der Waals surface area contributed by atoms with E-state index in [4.69, 9.17) is 7.85 Å². The van der Waals surface area contributed by atoms with Crippen LogP contribution in [0.4, 0.5) is 0 Å². The van der Waals surface area contributed by atoms with Crippen molar-refractivity contribution in [3.05, 3.63) is 0 Å². The van der Waals surface area contributed by atoms with Crippen molar-refractivity contribution in [1.29, 1.82) is 0 Å². The Morgan fingerprint density at radius 1 is 1.75 bits per heavy atom. The molecule has 0 aromatic carbocycles. The average molecular weight is 65.9 g/mol. The van der Waals surface area contributed by atoms with Gasteiger partial charge in [-0.05, 0) is 0 Å². The molecule has 18 valence electrons. The Morgan fingerprint density at radius 3 is 2.00 bits per heavy atom. The van der Waals surface area contributed by atoms with Gasteiger partial charge in [0.25, 0.3) is 0 Å². The quantitative estimate of drug-likeness (QED) is 0.237. The predicted molar refractivity (Wildman–Crippen MR) is 23.5 cm³/mol. The summed E-state index contributed by atoms with van der Waals surface area (Å²) in [5.74, 6) is 2.24. The molecule has 0 rings (SSSR count). The highest BCUT2D eigenvalue weighted by Gasteiger charge is 1.28. The molecule has 0 spiro atoms. The second-order valence-corrected chi connectivity index (χ2v) is 0.894. The minimum atomic E-state index is 0.904. The van der Waals surface area contributed by atoms with E-state index >= 15 is 0 Å². The highest BCUT2D eigenvalue weighted by Crippen LogP contribution is 1.21. The molecule has 0 heterocycles. The lowest BCUT2D eigenvalue weighted by Crippen LogP contribution is -1.48. The van der Waals surface area contributed by atoms with E-state index in [0.29, 0.717) is 0 Å². The van der Waals surface area contributed by atoms with Crippen LogP contribution >= 0.6 is 0 Å². The molecule has 0 atom stereocenters. The van der Waals surface area contributed by atoms with E-state index in [1.807, 2.05) is 0 Å². The van der Waals surface area contributed by atoms with E-state index in [2.05, 4.69) is 11.4 Å². The Morgan fingerprint density at radius 2 is 2.00 bits per heavy atom. The van der Waals surface area contributed by atoms with Crippen molar-refractivity contribution in [3.63, 3.8) is 0 Å². The van der Waals surface area contributed by atoms with Crippen LogP contribution < -0.4 is 0 Å². The molecule has 0 aliphatic heterocycles. The third-order valence-electron chi connectivity index (χ3n) is 0.144. The molecule has 0 saturated heterocycles. The van der Waals surface area contributed by atoms with Gasteiger partial charge in [-0.25, -0.2) is 0 Å². The Hall–Kier alpha value is -0.158. The predicted octanol–water partition coefficient (Wildman–Crippen LogP) is -1.56. The second kappa shape index (κ2) is 2.84. The summed E-state index contributed by atoms with van der Waals surface area (Å²) in [6, 6.07) is 0. The maximum atomic E-state index is 4.70. The highest BCUT2D eigenvalue weighted by atomic mass is 28.1. The summed E-state index contributed by atoms with van der Waals surface area (Å²) >= 11 is 0. The van der Waals surface area contributed by atoms with Gasteiger partial charge in [0, 0.05) is 0 Å². The van der Waals surface area contributed by atoms with Crippen molar-refractivity contribution in [1.82, 2.24) is 0 Å². The standard InChI is InChI=1S/C2H3BSi/c3-1-2-4/h4H3. The molecule has 4 heavy (non-hydrogen) atoms. The third kappa shape index (κ3) is 1.84. The van der Waals surface area contributed by atoms with E-state index in [9.17, 15) is 0 Å². The molecular formula is C2H3BSi. The van der Waals surface area contributed by atoms with Gasteiger partial charge in [-0.3, -0.25) is 0 Å². The average Bonchev–Trinajstić information content (AvgIpc) is 1.37. The van der Waals surface area contributed by atoms with Gasteiger partial charge in [0.05, 0.1) is 10.2 Å². The molecule has 0 amide bonds. The van der Waals surface area contributed by atoms with Crippen LogP contribution in [-0.2, 0) is 0 Å². The monoisotopic (exact) mass is 66.0 g/mol. The van der Waals surface area contributed by atoms with Crippen molar-refractivity contribution in [2.24, 2.45) is 0 Å². The third-order valence-corrected chi connectivity index (χ3v) is 0.433. The molecule has 0 nitrogen and oxygen atoms in total. The van der Waals surface area contributed by atoms with Crippen LogP contribution in [0.15, 0.2) is 0 Å². The van der Waals surface area contributed by atoms with Gasteiger partial charge in [0.1, 0.15) is 0 Å². The fraction of sp³-hybridized carbons (Fsp3) is 0. The molecule has 2 heteroatoms. The molecule has 0 unspecified atom stereocenters. The molecule has 2 radical (unpaired) electrons. The van der Waals surface area contributed by atoms with Crippen LogP contribution in [-0.4, -0.2) is 18.1 Å². The van der Waals surface area contributed by atoms with Crippen LogP contribution in [0.3, 0.4) is 0 Å². The van der Waals surface area contributed by atoms with Crippen LogP contribution in [0.2, 0.25) is 0 Å². The number of hydrogen-bond acceptors (Lipinski definition) is 0. The van der Waals surface area contributed by atoms with Gasteiger partial charge in [-0.1, -0.05) is 0 Å². The molecule has 0 aliphatic rings. The number of rotatable bonds is 0. The molecule has 0 aromatic rings. The fourth-order valence-corrected chi connectivity index (χ4v) is 0. The minimum absolute atomic E-state index is 0.904. The van der Waals surface area contributed by atoms with Crippen molar-refractivity contribution in [3.8, 4) is 11.4 Å². The summed E-state index contributed by atoms with van der Waals surface area (Å²) in [5, 5.41) is 0. The smallest absolute Gasteiger partial charge is 0.180 e. The van der Waals surface area contributed by atoms with Gasteiger partial charge in [0.2, 0.25) is 0 Å². The molecule has 0 N–H and O–H groups in total. The van der Waals surface area contributed by atoms with Crippen LogP contribution in [0.25, 0.3) is 0 Å². The first-order valence-corrected chi connectivity index (χ1v) is 2.04. The zero-order valence-corrected chi connectivity index (χ0v) is 4.58. The first kappa shape index (κ1) is 3.84. The summed E-state index contributed by atoms with van der Waals surface area (Å²) < 4.78 is 0. The van der Waals surface area contributed by atoms with E-state index in [1.54, 1.807) is 0 Å². The fourth-order valence-electron chi connectivity index (χ4n) is 0. The van der Waals surface area contributed by atoms with Crippen molar-refractivity contribution >= 4 is 18.1 Å². The van der Waals surface area contributed by atoms with Crippen LogP contribution in [0, 0.1) is 11.4 Å². The van der Waals surface area contributed by atoms with Gasteiger partial charge in [-0.2, -0.15) is 11.4 Å². The molecule has 0 aromatic heterocycles. The van der Waals surface area contributed by atoms with Crippen molar-refractivity contribution in [2.45, 2.75) is 0 Å². The van der Waals surface area contributed by atoms with Crippen molar-refractivity contribution < 1.29 is 0 Å².